The Morgan fingerprint density at radius 2 is 1.87 bits per heavy atom. The zero-order valence-electron chi connectivity index (χ0n) is 24.5. The van der Waals surface area contributed by atoms with Crippen LogP contribution in [0.15, 0.2) is 23.7 Å². The van der Waals surface area contributed by atoms with Gasteiger partial charge in [0, 0.05) is 26.1 Å². The Labute approximate surface area is 232 Å². The second-order valence-corrected chi connectivity index (χ2v) is 14.0. The number of nitrogens with zero attached hydrogens (tertiary/aromatic N) is 2. The first-order chi connectivity index (χ1) is 17.5. The summed E-state index contributed by atoms with van der Waals surface area (Å²) in [4.78, 5) is 33.0. The van der Waals surface area contributed by atoms with Crippen molar-refractivity contribution >= 4 is 23.2 Å². The van der Waals surface area contributed by atoms with Crippen LogP contribution in [0.4, 0.5) is 0 Å². The van der Waals surface area contributed by atoms with E-state index < -0.39 is 12.1 Å². The van der Waals surface area contributed by atoms with E-state index in [-0.39, 0.29) is 34.7 Å². The number of aliphatic hydroxyl groups excluding tert-OH is 1. The molecule has 3 N–H and O–H groups in total. The summed E-state index contributed by atoms with van der Waals surface area (Å²) in [7, 11) is 0. The molecular weight excluding hydrogens is 496 g/mol. The van der Waals surface area contributed by atoms with Gasteiger partial charge in [0.2, 0.25) is 11.8 Å². The zero-order valence-corrected chi connectivity index (χ0v) is 25.3. The highest BCUT2D eigenvalue weighted by atomic mass is 32.1. The molecule has 4 atom stereocenters. The number of amides is 2. The number of nitrogens with one attached hydrogen (secondary N) is 2. The van der Waals surface area contributed by atoms with Crippen LogP contribution in [0.1, 0.15) is 84.7 Å². The van der Waals surface area contributed by atoms with E-state index in [4.69, 9.17) is 0 Å². The van der Waals surface area contributed by atoms with Crippen molar-refractivity contribution in [2.45, 2.75) is 99.4 Å². The van der Waals surface area contributed by atoms with Gasteiger partial charge >= 0.3 is 0 Å². The molecule has 2 heterocycles. The Kier molecular flexibility index (Phi) is 9.43. The van der Waals surface area contributed by atoms with Crippen LogP contribution in [-0.4, -0.2) is 58.1 Å². The van der Waals surface area contributed by atoms with Crippen molar-refractivity contribution in [3.05, 3.63) is 40.5 Å². The lowest BCUT2D eigenvalue weighted by Gasteiger charge is -2.36. The van der Waals surface area contributed by atoms with Gasteiger partial charge in [0.15, 0.2) is 0 Å². The lowest BCUT2D eigenvalue weighted by Crippen LogP contribution is -2.53. The first-order valence-corrected chi connectivity index (χ1v) is 14.5. The highest BCUT2D eigenvalue weighted by molar-refractivity contribution is 7.13. The minimum Gasteiger partial charge on any atom is -0.392 e. The van der Waals surface area contributed by atoms with Crippen molar-refractivity contribution in [2.75, 3.05) is 13.1 Å². The number of rotatable bonds is 8. The number of likely N-dealkylation sites (tertiary alicyclic amines) is 1. The molecule has 2 aromatic rings. The summed E-state index contributed by atoms with van der Waals surface area (Å²) in [6.07, 6.45) is 0.692. The fourth-order valence-electron chi connectivity index (χ4n) is 5.23. The SMILES string of the molecule is CC(=O)N[C@H](CN1C[C@H](O)CC1C(=O)N[C@@H](C)c1ccc(-c2scnc2C)cc1CC(C)(C)C)C(C)(C)C. The van der Waals surface area contributed by atoms with Crippen molar-refractivity contribution < 1.29 is 14.7 Å². The predicted octanol–water partition coefficient (Wildman–Crippen LogP) is 4.87. The Balaban J connectivity index is 1.82. The summed E-state index contributed by atoms with van der Waals surface area (Å²) >= 11 is 1.65. The molecule has 1 fully saturated rings. The van der Waals surface area contributed by atoms with Crippen molar-refractivity contribution in [3.63, 3.8) is 0 Å². The van der Waals surface area contributed by atoms with Gasteiger partial charge in [-0.3, -0.25) is 14.5 Å². The topological polar surface area (TPSA) is 94.6 Å². The van der Waals surface area contributed by atoms with Crippen LogP contribution in [0.5, 0.6) is 0 Å². The van der Waals surface area contributed by atoms with Crippen LogP contribution in [-0.2, 0) is 16.0 Å². The number of carbonyl (C=O) groups excluding carboxylic acids is 2. The monoisotopic (exact) mass is 542 g/mol. The summed E-state index contributed by atoms with van der Waals surface area (Å²) in [5, 5.41) is 16.8. The first-order valence-electron chi connectivity index (χ1n) is 13.6. The molecule has 8 heteroatoms. The normalized spacial score (nSPS) is 20.3. The molecule has 0 radical (unpaired) electrons. The third-order valence-corrected chi connectivity index (χ3v) is 8.20. The second-order valence-electron chi connectivity index (χ2n) is 13.1. The van der Waals surface area contributed by atoms with E-state index in [1.807, 2.05) is 24.3 Å². The molecule has 7 nitrogen and oxygen atoms in total. The smallest absolute Gasteiger partial charge is 0.237 e. The minimum atomic E-state index is -0.572. The van der Waals surface area contributed by atoms with Gasteiger partial charge in [0.1, 0.15) is 0 Å². The van der Waals surface area contributed by atoms with Crippen LogP contribution in [0.25, 0.3) is 10.4 Å². The molecule has 0 saturated carbocycles. The number of aromatic nitrogens is 1. The van der Waals surface area contributed by atoms with E-state index in [2.05, 4.69) is 75.4 Å². The van der Waals surface area contributed by atoms with Gasteiger partial charge in [-0.1, -0.05) is 53.7 Å². The van der Waals surface area contributed by atoms with E-state index in [1.165, 1.54) is 17.4 Å². The number of aryl methyl sites for hydroxylation is 1. The number of benzene rings is 1. The second kappa shape index (κ2) is 11.8. The Morgan fingerprint density at radius 3 is 2.42 bits per heavy atom. The number of hydrogen-bond donors (Lipinski definition) is 3. The fraction of sp³-hybridized carbons (Fsp3) is 0.633. The fourth-order valence-corrected chi connectivity index (χ4v) is 6.03. The summed E-state index contributed by atoms with van der Waals surface area (Å²) in [5.41, 5.74) is 6.28. The molecular formula is C30H46N4O3S. The number of hydrogen-bond acceptors (Lipinski definition) is 6. The maximum absolute atomic E-state index is 13.6. The largest absolute Gasteiger partial charge is 0.392 e. The van der Waals surface area contributed by atoms with Gasteiger partial charge in [-0.05, 0) is 60.3 Å². The highest BCUT2D eigenvalue weighted by Crippen LogP contribution is 2.34. The molecule has 1 aromatic carbocycles. The number of aliphatic hydroxyl groups is 1. The van der Waals surface area contributed by atoms with Gasteiger partial charge in [-0.2, -0.15) is 0 Å². The van der Waals surface area contributed by atoms with Crippen LogP contribution in [0.3, 0.4) is 0 Å². The molecule has 38 heavy (non-hydrogen) atoms. The van der Waals surface area contributed by atoms with Gasteiger partial charge in [0.05, 0.1) is 34.3 Å². The quantitative estimate of drug-likeness (QED) is 0.442. The maximum atomic E-state index is 13.6. The average molecular weight is 543 g/mol. The average Bonchev–Trinajstić information content (AvgIpc) is 3.36. The standard InChI is InChI=1S/C30H46N4O3S/c1-18(24-11-10-21(27-19(2)31-17-38-27)12-22(24)14-29(4,5)6)32-28(37)25-13-23(36)15-34(25)16-26(30(7,8)9)33-20(3)35/h10-12,17-18,23,25-26,36H,13-16H2,1-9H3,(H,32,37)(H,33,35)/t18-,23+,25?,26+/m0/s1. The molecule has 1 aliphatic rings. The van der Waals surface area contributed by atoms with Crippen molar-refractivity contribution in [3.8, 4) is 10.4 Å². The molecule has 0 aliphatic carbocycles. The van der Waals surface area contributed by atoms with Crippen LogP contribution in [0, 0.1) is 17.8 Å². The summed E-state index contributed by atoms with van der Waals surface area (Å²) in [5.74, 6) is -0.184. The van der Waals surface area contributed by atoms with E-state index in [1.54, 1.807) is 11.3 Å². The zero-order chi connectivity index (χ0) is 28.4. The summed E-state index contributed by atoms with van der Waals surface area (Å²) < 4.78 is 0. The van der Waals surface area contributed by atoms with Gasteiger partial charge in [-0.15, -0.1) is 11.3 Å². The molecule has 0 spiro atoms. The Morgan fingerprint density at radius 1 is 1.18 bits per heavy atom. The van der Waals surface area contributed by atoms with Gasteiger partial charge in [0.25, 0.3) is 0 Å². The number of carbonyl (C=O) groups is 2. The van der Waals surface area contributed by atoms with Gasteiger partial charge < -0.3 is 15.7 Å². The van der Waals surface area contributed by atoms with Crippen molar-refractivity contribution in [1.29, 1.82) is 0 Å². The van der Waals surface area contributed by atoms with E-state index >= 15 is 0 Å². The molecule has 0 bridgehead atoms. The van der Waals surface area contributed by atoms with Crippen LogP contribution < -0.4 is 10.6 Å². The molecule has 2 amide bonds. The molecule has 3 rings (SSSR count). The summed E-state index contributed by atoms with van der Waals surface area (Å²) in [6.45, 7) is 19.4. The first kappa shape index (κ1) is 30.3. The molecule has 1 aliphatic heterocycles. The number of thiazole rings is 1. The maximum Gasteiger partial charge on any atom is 0.237 e. The third kappa shape index (κ3) is 7.87. The highest BCUT2D eigenvalue weighted by Gasteiger charge is 2.39. The lowest BCUT2D eigenvalue weighted by atomic mass is 9.84. The lowest BCUT2D eigenvalue weighted by molar-refractivity contribution is -0.126. The molecule has 1 unspecified atom stereocenters. The van der Waals surface area contributed by atoms with Crippen LogP contribution >= 0.6 is 11.3 Å². The van der Waals surface area contributed by atoms with E-state index in [9.17, 15) is 14.7 Å². The molecule has 210 valence electrons. The Bertz CT molecular complexity index is 1130. The van der Waals surface area contributed by atoms with Gasteiger partial charge in [-0.25, -0.2) is 4.98 Å². The predicted molar refractivity (Wildman–Crippen MR) is 155 cm³/mol. The number of β-amino-alcohol motifs (C(OH)–C–C–N with tert-alkyl or cyclic N) is 1. The van der Waals surface area contributed by atoms with Crippen molar-refractivity contribution in [2.24, 2.45) is 10.8 Å². The van der Waals surface area contributed by atoms with Crippen molar-refractivity contribution in [1.82, 2.24) is 20.5 Å². The Hall–Kier alpha value is -2.29. The third-order valence-electron chi connectivity index (χ3n) is 7.22. The van der Waals surface area contributed by atoms with E-state index in [0.29, 0.717) is 19.5 Å². The van der Waals surface area contributed by atoms with Crippen LogP contribution in [0.2, 0.25) is 0 Å². The summed E-state index contributed by atoms with van der Waals surface area (Å²) in [6, 6.07) is 5.72. The van der Waals surface area contributed by atoms with E-state index in [0.717, 1.165) is 23.2 Å². The minimum absolute atomic E-state index is 0.0812. The molecule has 1 saturated heterocycles. The molecule has 1 aromatic heterocycles.